The molecule has 0 atom stereocenters. The zero-order valence-electron chi connectivity index (χ0n) is 24.2. The van der Waals surface area contributed by atoms with Crippen molar-refractivity contribution in [1.29, 1.82) is 0 Å². The van der Waals surface area contributed by atoms with Gasteiger partial charge in [0.2, 0.25) is 0 Å². The van der Waals surface area contributed by atoms with Crippen molar-refractivity contribution < 1.29 is 36.8 Å². The minimum absolute atomic E-state index is 0.159. The molecule has 0 aliphatic carbocycles. The topological polar surface area (TPSA) is 157 Å². The summed E-state index contributed by atoms with van der Waals surface area (Å²) in [6.45, 7) is 15.4. The molecule has 0 aliphatic heterocycles. The van der Waals surface area contributed by atoms with Crippen molar-refractivity contribution >= 4 is 17.6 Å². The standard InChI is InChI=1S/C23H46N6O8Si2/c1-7-32-38(33-8-2,34-9-3)17-13-15-28-22(30)24-20(26-28)19-21-25-23(31)29(27-21)16-14-18-39(35-10-4,36-11-5)37-12-6/h7-19H2,1-6H3,(H,24,26,30)(H,25,27,31). The Morgan fingerprint density at radius 1 is 0.564 bits per heavy atom. The number of nitrogens with zero attached hydrogens (tertiary/aromatic N) is 6. The van der Waals surface area contributed by atoms with Crippen LogP contribution in [0.4, 0.5) is 0 Å². The lowest BCUT2D eigenvalue weighted by Gasteiger charge is -2.28. The molecule has 14 nitrogen and oxygen atoms in total. The Morgan fingerprint density at radius 3 is 1.15 bits per heavy atom. The number of aromatic nitrogens is 6. The molecule has 0 spiro atoms. The average Bonchev–Trinajstić information content (AvgIpc) is 3.40. The highest BCUT2D eigenvalue weighted by Crippen LogP contribution is 2.21. The van der Waals surface area contributed by atoms with Gasteiger partial charge in [-0.1, -0.05) is 0 Å². The number of rotatable bonds is 22. The fraction of sp³-hybridized carbons (Fsp3) is 0.826. The lowest BCUT2D eigenvalue weighted by molar-refractivity contribution is 0.0696. The van der Waals surface area contributed by atoms with Crippen LogP contribution in [0.5, 0.6) is 12.0 Å². The van der Waals surface area contributed by atoms with Crippen LogP contribution >= 0.6 is 0 Å². The third-order valence-corrected chi connectivity index (χ3v) is 11.9. The van der Waals surface area contributed by atoms with Crippen LogP contribution in [-0.4, -0.2) is 97.0 Å². The molecular weight excluding hydrogens is 544 g/mol. The number of aryl methyl sites for hydroxylation is 2. The first-order valence-electron chi connectivity index (χ1n) is 13.9. The van der Waals surface area contributed by atoms with E-state index in [-0.39, 0.29) is 18.4 Å². The summed E-state index contributed by atoms with van der Waals surface area (Å²) in [6, 6.07) is 0.789. The average molecular weight is 591 g/mol. The minimum atomic E-state index is -2.78. The van der Waals surface area contributed by atoms with Crippen LogP contribution in [0.1, 0.15) is 66.0 Å². The highest BCUT2D eigenvalue weighted by atomic mass is 28.4. The van der Waals surface area contributed by atoms with Crippen molar-refractivity contribution in [3.8, 4) is 12.0 Å². The van der Waals surface area contributed by atoms with Crippen molar-refractivity contribution in [2.45, 2.75) is 86.0 Å². The monoisotopic (exact) mass is 590 g/mol. The molecule has 2 aromatic heterocycles. The summed E-state index contributed by atoms with van der Waals surface area (Å²) in [5.74, 6) is 0.700. The second-order valence-electron chi connectivity index (χ2n) is 8.45. The summed E-state index contributed by atoms with van der Waals surface area (Å²) in [4.78, 5) is 8.27. The number of hydrogen-bond donors (Lipinski definition) is 2. The molecule has 39 heavy (non-hydrogen) atoms. The predicted octanol–water partition coefficient (Wildman–Crippen LogP) is 2.75. The zero-order valence-corrected chi connectivity index (χ0v) is 26.2. The fourth-order valence-electron chi connectivity index (χ4n) is 4.24. The fourth-order valence-corrected chi connectivity index (χ4v) is 9.43. The summed E-state index contributed by atoms with van der Waals surface area (Å²) in [7, 11) is -5.55. The van der Waals surface area contributed by atoms with Gasteiger partial charge in [0.15, 0.2) is 11.6 Å². The van der Waals surface area contributed by atoms with Crippen molar-refractivity contribution in [3.63, 3.8) is 0 Å². The lowest BCUT2D eigenvalue weighted by atomic mass is 10.4. The molecule has 0 bridgehead atoms. The Hall–Kier alpha value is -1.93. The van der Waals surface area contributed by atoms with Gasteiger partial charge in [-0.3, -0.25) is 0 Å². The van der Waals surface area contributed by atoms with Gasteiger partial charge >= 0.3 is 29.6 Å². The van der Waals surface area contributed by atoms with Gasteiger partial charge in [0.25, 0.3) is 0 Å². The quantitative estimate of drug-likeness (QED) is 0.194. The van der Waals surface area contributed by atoms with Crippen LogP contribution in [-0.2, 0) is 46.1 Å². The Bertz CT molecular complexity index is 855. The maximum Gasteiger partial charge on any atom is 0.500 e. The van der Waals surface area contributed by atoms with Crippen LogP contribution in [0.3, 0.4) is 0 Å². The van der Waals surface area contributed by atoms with Gasteiger partial charge in [0.05, 0.1) is 6.42 Å². The van der Waals surface area contributed by atoms with E-state index in [1.54, 1.807) is 0 Å². The van der Waals surface area contributed by atoms with E-state index in [0.717, 1.165) is 0 Å². The second kappa shape index (κ2) is 17.0. The first-order chi connectivity index (χ1) is 18.8. The summed E-state index contributed by atoms with van der Waals surface area (Å²) in [5.41, 5.74) is 0. The molecule has 0 amide bonds. The Kier molecular flexibility index (Phi) is 14.5. The van der Waals surface area contributed by atoms with Crippen LogP contribution in [0, 0.1) is 0 Å². The molecule has 0 saturated carbocycles. The maximum absolute atomic E-state index is 10.3. The van der Waals surface area contributed by atoms with Gasteiger partial charge in [0, 0.05) is 64.8 Å². The first kappa shape index (κ1) is 33.3. The molecule has 0 saturated heterocycles. The smallest absolute Gasteiger partial charge is 0.479 e. The van der Waals surface area contributed by atoms with E-state index in [1.165, 1.54) is 9.36 Å². The second-order valence-corrected chi connectivity index (χ2v) is 13.9. The van der Waals surface area contributed by atoms with E-state index < -0.39 is 17.6 Å². The predicted molar refractivity (Wildman–Crippen MR) is 146 cm³/mol. The Labute approximate surface area is 233 Å². The zero-order chi connectivity index (χ0) is 28.7. The third-order valence-electron chi connectivity index (χ3n) is 5.60. The first-order valence-corrected chi connectivity index (χ1v) is 17.7. The van der Waals surface area contributed by atoms with Crippen molar-refractivity contribution in [2.24, 2.45) is 0 Å². The van der Waals surface area contributed by atoms with E-state index in [0.29, 0.717) is 89.3 Å². The van der Waals surface area contributed by atoms with E-state index >= 15 is 0 Å². The molecule has 0 unspecified atom stereocenters. The van der Waals surface area contributed by atoms with Gasteiger partial charge in [-0.05, 0) is 54.4 Å². The number of aromatic hydroxyl groups is 2. The molecule has 0 radical (unpaired) electrons. The molecule has 224 valence electrons. The molecule has 0 fully saturated rings. The van der Waals surface area contributed by atoms with Gasteiger partial charge < -0.3 is 36.8 Å². The highest BCUT2D eigenvalue weighted by molar-refractivity contribution is 6.61. The van der Waals surface area contributed by atoms with Crippen molar-refractivity contribution in [2.75, 3.05) is 39.6 Å². The molecule has 2 aromatic rings. The maximum atomic E-state index is 10.3. The van der Waals surface area contributed by atoms with Gasteiger partial charge in [-0.2, -0.15) is 20.2 Å². The molecule has 16 heteroatoms. The van der Waals surface area contributed by atoms with E-state index in [4.69, 9.17) is 26.6 Å². The Morgan fingerprint density at radius 2 is 0.872 bits per heavy atom. The SMILES string of the molecule is CCO[Si](CCCn1nc(Cc2nc(O)n(CCC[Si](OCC)(OCC)OCC)n2)nc1O)(OCC)OCC. The van der Waals surface area contributed by atoms with E-state index in [9.17, 15) is 10.2 Å². The summed E-state index contributed by atoms with van der Waals surface area (Å²) in [6.07, 6.45) is 1.42. The highest BCUT2D eigenvalue weighted by Gasteiger charge is 2.40. The molecule has 2 rings (SSSR count). The third kappa shape index (κ3) is 10.2. The normalized spacial score (nSPS) is 12.5. The number of hydrogen-bond acceptors (Lipinski definition) is 12. The summed E-state index contributed by atoms with van der Waals surface area (Å²) >= 11 is 0. The van der Waals surface area contributed by atoms with Crippen molar-refractivity contribution in [1.82, 2.24) is 29.5 Å². The Balaban J connectivity index is 1.97. The lowest BCUT2D eigenvalue weighted by Crippen LogP contribution is -2.46. The van der Waals surface area contributed by atoms with Crippen LogP contribution in [0.15, 0.2) is 0 Å². The van der Waals surface area contributed by atoms with Gasteiger partial charge in [-0.25, -0.2) is 9.36 Å². The van der Waals surface area contributed by atoms with Crippen LogP contribution < -0.4 is 0 Å². The molecular formula is C23H46N6O8Si2. The van der Waals surface area contributed by atoms with Crippen LogP contribution in [0.2, 0.25) is 12.1 Å². The van der Waals surface area contributed by atoms with Gasteiger partial charge in [-0.15, -0.1) is 0 Å². The van der Waals surface area contributed by atoms with Crippen LogP contribution in [0.25, 0.3) is 0 Å². The largest absolute Gasteiger partial charge is 0.500 e. The van der Waals surface area contributed by atoms with Crippen molar-refractivity contribution in [3.05, 3.63) is 11.6 Å². The molecule has 0 aromatic carbocycles. The van der Waals surface area contributed by atoms with Gasteiger partial charge in [0.1, 0.15) is 0 Å². The molecule has 2 heterocycles. The van der Waals surface area contributed by atoms with E-state index in [2.05, 4.69) is 20.2 Å². The molecule has 2 N–H and O–H groups in total. The molecule has 0 aliphatic rings. The summed E-state index contributed by atoms with van der Waals surface area (Å²) in [5, 5.41) is 29.4. The minimum Gasteiger partial charge on any atom is -0.479 e. The summed E-state index contributed by atoms with van der Waals surface area (Å²) < 4.78 is 38.2. The van der Waals surface area contributed by atoms with E-state index in [1.807, 2.05) is 41.5 Å².